The third kappa shape index (κ3) is 5.17. The van der Waals surface area contributed by atoms with Crippen molar-refractivity contribution < 1.29 is 14.3 Å². The molecule has 1 aromatic heterocycles. The average Bonchev–Trinajstić information content (AvgIpc) is 3.02. The fraction of sp³-hybridized carbons (Fsp3) is 0.250. The van der Waals surface area contributed by atoms with E-state index in [9.17, 15) is 9.59 Å². The first kappa shape index (κ1) is 17.6. The molecule has 2 aromatic rings. The molecule has 2 rings (SSSR count). The van der Waals surface area contributed by atoms with Crippen LogP contribution in [0, 0.1) is 0 Å². The topological polar surface area (TPSA) is 92.7 Å². The quantitative estimate of drug-likeness (QED) is 0.455. The highest BCUT2D eigenvalue weighted by Crippen LogP contribution is 2.16. The second-order valence-corrected chi connectivity index (χ2v) is 5.56. The van der Waals surface area contributed by atoms with Crippen molar-refractivity contribution in [2.75, 3.05) is 19.1 Å². The minimum absolute atomic E-state index is 0.143. The van der Waals surface area contributed by atoms with Crippen LogP contribution in [0.25, 0.3) is 0 Å². The minimum Gasteiger partial charge on any atom is -0.466 e. The van der Waals surface area contributed by atoms with Crippen molar-refractivity contribution in [1.82, 2.24) is 10.3 Å². The number of benzene rings is 1. The normalized spacial score (nSPS) is 10.6. The minimum atomic E-state index is -0.302. The summed E-state index contributed by atoms with van der Waals surface area (Å²) >= 11 is 1.35. The van der Waals surface area contributed by atoms with E-state index in [1.54, 1.807) is 43.8 Å². The zero-order chi connectivity index (χ0) is 17.4. The Balaban J connectivity index is 1.93. The third-order valence-corrected chi connectivity index (χ3v) is 3.73. The predicted molar refractivity (Wildman–Crippen MR) is 93.5 cm³/mol. The number of anilines is 1. The van der Waals surface area contributed by atoms with Gasteiger partial charge < -0.3 is 10.1 Å². The number of hydrogen-bond donors (Lipinski definition) is 2. The molecular weight excluding hydrogens is 328 g/mol. The van der Waals surface area contributed by atoms with Crippen molar-refractivity contribution >= 4 is 34.6 Å². The van der Waals surface area contributed by atoms with Crippen molar-refractivity contribution in [1.29, 1.82) is 0 Å². The second-order valence-electron chi connectivity index (χ2n) is 4.70. The number of carbonyl (C=O) groups excluding carboxylic acids is 2. The standard InChI is InChI=1S/C16H18N4O3S/c1-3-23-14(21)8-13-10-24-16(19-13)20-18-9-11-5-4-6-12(7-11)15(22)17-2/h4-7,9-10H,3,8H2,1-2H3,(H,17,22)(H,19,20). The molecule has 0 fully saturated rings. The van der Waals surface area contributed by atoms with Crippen LogP contribution in [0.15, 0.2) is 34.7 Å². The van der Waals surface area contributed by atoms with Gasteiger partial charge in [-0.05, 0) is 24.6 Å². The molecule has 0 unspecified atom stereocenters. The van der Waals surface area contributed by atoms with Crippen molar-refractivity contribution in [2.45, 2.75) is 13.3 Å². The van der Waals surface area contributed by atoms with Crippen LogP contribution >= 0.6 is 11.3 Å². The van der Waals surface area contributed by atoms with Gasteiger partial charge in [-0.1, -0.05) is 12.1 Å². The van der Waals surface area contributed by atoms with Crippen LogP contribution in [0.5, 0.6) is 0 Å². The molecule has 0 saturated heterocycles. The number of thiazole rings is 1. The molecular formula is C16H18N4O3S. The third-order valence-electron chi connectivity index (χ3n) is 2.93. The van der Waals surface area contributed by atoms with Gasteiger partial charge in [0.15, 0.2) is 0 Å². The number of nitrogens with zero attached hydrogens (tertiary/aromatic N) is 2. The Labute approximate surface area is 143 Å². The smallest absolute Gasteiger partial charge is 0.311 e. The van der Waals surface area contributed by atoms with E-state index >= 15 is 0 Å². The van der Waals surface area contributed by atoms with Crippen LogP contribution in [0.2, 0.25) is 0 Å². The zero-order valence-corrected chi connectivity index (χ0v) is 14.2. The lowest BCUT2D eigenvalue weighted by Crippen LogP contribution is -2.17. The van der Waals surface area contributed by atoms with E-state index in [0.29, 0.717) is 23.0 Å². The van der Waals surface area contributed by atoms with Crippen molar-refractivity contribution in [3.05, 3.63) is 46.5 Å². The number of esters is 1. The van der Waals surface area contributed by atoms with Crippen LogP contribution in [0.3, 0.4) is 0 Å². The number of amides is 1. The Morgan fingerprint density at radius 3 is 3.00 bits per heavy atom. The molecule has 0 aliphatic heterocycles. The van der Waals surface area contributed by atoms with Gasteiger partial charge in [0.25, 0.3) is 5.91 Å². The Bertz CT molecular complexity index is 742. The Morgan fingerprint density at radius 2 is 2.25 bits per heavy atom. The maximum atomic E-state index is 11.6. The maximum Gasteiger partial charge on any atom is 0.311 e. The number of aromatic nitrogens is 1. The van der Waals surface area contributed by atoms with E-state index < -0.39 is 0 Å². The van der Waals surface area contributed by atoms with Crippen LogP contribution in [-0.4, -0.2) is 36.7 Å². The van der Waals surface area contributed by atoms with Gasteiger partial charge in [0.2, 0.25) is 5.13 Å². The first-order chi connectivity index (χ1) is 11.6. The summed E-state index contributed by atoms with van der Waals surface area (Å²) in [4.78, 5) is 27.2. The molecule has 1 heterocycles. The van der Waals surface area contributed by atoms with Gasteiger partial charge in [-0.3, -0.25) is 15.0 Å². The summed E-state index contributed by atoms with van der Waals surface area (Å²) in [7, 11) is 1.58. The van der Waals surface area contributed by atoms with Gasteiger partial charge in [-0.2, -0.15) is 5.10 Å². The highest BCUT2D eigenvalue weighted by Gasteiger charge is 2.08. The molecule has 126 valence electrons. The molecule has 2 N–H and O–H groups in total. The first-order valence-corrected chi connectivity index (χ1v) is 8.21. The van der Waals surface area contributed by atoms with Gasteiger partial charge in [-0.15, -0.1) is 11.3 Å². The van der Waals surface area contributed by atoms with E-state index in [4.69, 9.17) is 4.74 Å². The Kier molecular flexibility index (Phi) is 6.44. The molecule has 0 aliphatic rings. The molecule has 1 aromatic carbocycles. The molecule has 0 aliphatic carbocycles. The first-order valence-electron chi connectivity index (χ1n) is 7.33. The van der Waals surface area contributed by atoms with Gasteiger partial charge in [-0.25, -0.2) is 4.98 Å². The van der Waals surface area contributed by atoms with Crippen LogP contribution in [0.4, 0.5) is 5.13 Å². The van der Waals surface area contributed by atoms with E-state index in [1.165, 1.54) is 11.3 Å². The second kappa shape index (κ2) is 8.78. The zero-order valence-electron chi connectivity index (χ0n) is 13.4. The molecule has 0 spiro atoms. The number of nitrogens with one attached hydrogen (secondary N) is 2. The lowest BCUT2D eigenvalue weighted by Gasteiger charge is -2.00. The summed E-state index contributed by atoms with van der Waals surface area (Å²) in [5.74, 6) is -0.453. The maximum absolute atomic E-state index is 11.6. The number of hydrogen-bond acceptors (Lipinski definition) is 7. The van der Waals surface area contributed by atoms with Crippen molar-refractivity contribution in [3.8, 4) is 0 Å². The molecule has 0 saturated carbocycles. The average molecular weight is 346 g/mol. The molecule has 24 heavy (non-hydrogen) atoms. The summed E-state index contributed by atoms with van der Waals surface area (Å²) in [6.45, 7) is 2.12. The summed E-state index contributed by atoms with van der Waals surface area (Å²) in [5, 5.41) is 9.02. The van der Waals surface area contributed by atoms with Gasteiger partial charge >= 0.3 is 5.97 Å². The highest BCUT2D eigenvalue weighted by molar-refractivity contribution is 7.13. The molecule has 0 radical (unpaired) electrons. The monoisotopic (exact) mass is 346 g/mol. The molecule has 7 nitrogen and oxygen atoms in total. The highest BCUT2D eigenvalue weighted by atomic mass is 32.1. The summed E-state index contributed by atoms with van der Waals surface area (Å²) in [6.07, 6.45) is 1.74. The number of hydrazone groups is 1. The molecule has 0 atom stereocenters. The van der Waals surface area contributed by atoms with E-state index in [0.717, 1.165) is 5.56 Å². The van der Waals surface area contributed by atoms with Gasteiger partial charge in [0, 0.05) is 18.0 Å². The van der Waals surface area contributed by atoms with Gasteiger partial charge in [0.1, 0.15) is 0 Å². The summed E-state index contributed by atoms with van der Waals surface area (Å²) in [6, 6.07) is 7.09. The fourth-order valence-corrected chi connectivity index (χ4v) is 2.53. The lowest BCUT2D eigenvalue weighted by molar-refractivity contribution is -0.142. The van der Waals surface area contributed by atoms with E-state index in [-0.39, 0.29) is 18.3 Å². The van der Waals surface area contributed by atoms with Crippen LogP contribution in [0.1, 0.15) is 28.5 Å². The van der Waals surface area contributed by atoms with Crippen LogP contribution in [-0.2, 0) is 16.0 Å². The van der Waals surface area contributed by atoms with Crippen LogP contribution < -0.4 is 10.7 Å². The predicted octanol–water partition coefficient (Wildman–Crippen LogP) is 2.05. The molecule has 1 amide bonds. The SMILES string of the molecule is CCOC(=O)Cc1csc(NN=Cc2cccc(C(=O)NC)c2)n1. The Morgan fingerprint density at radius 1 is 1.42 bits per heavy atom. The van der Waals surface area contributed by atoms with Gasteiger partial charge in [0.05, 0.1) is 24.9 Å². The Hall–Kier alpha value is -2.74. The van der Waals surface area contributed by atoms with E-state index in [1.807, 2.05) is 6.07 Å². The number of carbonyl (C=O) groups is 2. The van der Waals surface area contributed by atoms with E-state index in [2.05, 4.69) is 20.8 Å². The molecule has 8 heteroatoms. The number of ether oxygens (including phenoxy) is 1. The number of rotatable bonds is 7. The lowest BCUT2D eigenvalue weighted by atomic mass is 10.1. The fourth-order valence-electron chi connectivity index (χ4n) is 1.87. The van der Waals surface area contributed by atoms with Crippen molar-refractivity contribution in [2.24, 2.45) is 5.10 Å². The largest absolute Gasteiger partial charge is 0.466 e. The summed E-state index contributed by atoms with van der Waals surface area (Å²) < 4.78 is 4.88. The molecule has 0 bridgehead atoms. The summed E-state index contributed by atoms with van der Waals surface area (Å²) in [5.41, 5.74) is 4.79. The van der Waals surface area contributed by atoms with Crippen molar-refractivity contribution in [3.63, 3.8) is 0 Å².